The van der Waals surface area contributed by atoms with Crippen molar-refractivity contribution in [2.24, 2.45) is 5.84 Å². The van der Waals surface area contributed by atoms with Crippen molar-refractivity contribution in [2.45, 2.75) is 6.04 Å². The molecule has 19 heavy (non-hydrogen) atoms. The van der Waals surface area contributed by atoms with Gasteiger partial charge in [0.2, 0.25) is 0 Å². The summed E-state index contributed by atoms with van der Waals surface area (Å²) in [6, 6.07) is 15.9. The van der Waals surface area contributed by atoms with Crippen molar-refractivity contribution in [2.75, 3.05) is 7.05 Å². The molecule has 0 saturated carbocycles. The maximum Gasteiger partial charge on any atom is 0.332 e. The molecular weight excluding hydrogens is 238 g/mol. The second kappa shape index (κ2) is 4.40. The summed E-state index contributed by atoms with van der Waals surface area (Å²) in [6.45, 7) is 0. The molecule has 0 saturated heterocycles. The minimum absolute atomic E-state index is 0.0871. The molecule has 0 aliphatic heterocycles. The fourth-order valence-electron chi connectivity index (χ4n) is 2.77. The first-order valence-corrected chi connectivity index (χ1v) is 6.15. The van der Waals surface area contributed by atoms with Crippen LogP contribution < -0.4 is 11.3 Å². The Morgan fingerprint density at radius 3 is 2.00 bits per heavy atom. The second-order valence-electron chi connectivity index (χ2n) is 4.64. The van der Waals surface area contributed by atoms with Gasteiger partial charge in [-0.05, 0) is 22.3 Å². The Labute approximate surface area is 111 Å². The van der Waals surface area contributed by atoms with E-state index < -0.39 is 0 Å². The van der Waals surface area contributed by atoms with Crippen LogP contribution in [-0.2, 0) is 0 Å². The zero-order valence-corrected chi connectivity index (χ0v) is 10.6. The molecule has 1 aliphatic rings. The number of benzene rings is 2. The molecule has 4 heteroatoms. The summed E-state index contributed by atoms with van der Waals surface area (Å²) >= 11 is 0. The van der Waals surface area contributed by atoms with E-state index in [0.717, 1.165) is 11.1 Å². The molecule has 0 radical (unpaired) electrons. The van der Waals surface area contributed by atoms with Gasteiger partial charge in [0.15, 0.2) is 0 Å². The number of hydrazine groups is 1. The summed E-state index contributed by atoms with van der Waals surface area (Å²) < 4.78 is 0. The quantitative estimate of drug-likeness (QED) is 0.465. The van der Waals surface area contributed by atoms with E-state index in [-0.39, 0.29) is 12.1 Å². The lowest BCUT2D eigenvalue weighted by Crippen LogP contribution is -2.42. The number of amides is 2. The number of fused-ring (bicyclic) bond motifs is 3. The maximum atomic E-state index is 11.8. The third-order valence-electron chi connectivity index (χ3n) is 3.63. The normalized spacial score (nSPS) is 12.7. The molecule has 1 aliphatic carbocycles. The first-order chi connectivity index (χ1) is 9.24. The molecule has 0 unspecified atom stereocenters. The zero-order chi connectivity index (χ0) is 13.4. The third kappa shape index (κ3) is 1.69. The van der Waals surface area contributed by atoms with Crippen molar-refractivity contribution in [1.82, 2.24) is 10.3 Å². The van der Waals surface area contributed by atoms with Gasteiger partial charge < -0.3 is 4.90 Å². The number of urea groups is 1. The maximum absolute atomic E-state index is 11.8. The van der Waals surface area contributed by atoms with Gasteiger partial charge in [-0.25, -0.2) is 10.6 Å². The first kappa shape index (κ1) is 11.7. The summed E-state index contributed by atoms with van der Waals surface area (Å²) in [4.78, 5) is 13.4. The van der Waals surface area contributed by atoms with Gasteiger partial charge in [-0.3, -0.25) is 5.43 Å². The highest BCUT2D eigenvalue weighted by atomic mass is 16.2. The van der Waals surface area contributed by atoms with E-state index in [1.54, 1.807) is 11.9 Å². The van der Waals surface area contributed by atoms with E-state index in [4.69, 9.17) is 5.84 Å². The molecule has 3 rings (SSSR count). The lowest BCUT2D eigenvalue weighted by atomic mass is 10.0. The van der Waals surface area contributed by atoms with Crippen molar-refractivity contribution >= 4 is 6.03 Å². The molecule has 2 aromatic carbocycles. The Morgan fingerprint density at radius 1 is 1.05 bits per heavy atom. The van der Waals surface area contributed by atoms with Crippen LogP contribution in [0.1, 0.15) is 17.2 Å². The van der Waals surface area contributed by atoms with Crippen LogP contribution in [0.15, 0.2) is 48.5 Å². The molecule has 4 nitrogen and oxygen atoms in total. The van der Waals surface area contributed by atoms with Crippen molar-refractivity contribution < 1.29 is 4.79 Å². The van der Waals surface area contributed by atoms with E-state index in [9.17, 15) is 4.79 Å². The minimum Gasteiger partial charge on any atom is -0.316 e. The zero-order valence-electron chi connectivity index (χ0n) is 10.6. The molecule has 96 valence electrons. The first-order valence-electron chi connectivity index (χ1n) is 6.15. The van der Waals surface area contributed by atoms with E-state index in [0.29, 0.717) is 0 Å². The lowest BCUT2D eigenvalue weighted by Gasteiger charge is -2.25. The highest BCUT2D eigenvalue weighted by Gasteiger charge is 2.32. The highest BCUT2D eigenvalue weighted by Crippen LogP contribution is 2.45. The Bertz CT molecular complexity index is 593. The number of nitrogens with one attached hydrogen (secondary N) is 1. The van der Waals surface area contributed by atoms with Crippen LogP contribution in [0, 0.1) is 0 Å². The summed E-state index contributed by atoms with van der Waals surface area (Å²) in [7, 11) is 1.76. The minimum atomic E-state index is -0.295. The van der Waals surface area contributed by atoms with Gasteiger partial charge >= 0.3 is 6.03 Å². The van der Waals surface area contributed by atoms with Crippen LogP contribution in [0.25, 0.3) is 11.1 Å². The number of nitrogens with zero attached hydrogens (tertiary/aromatic N) is 1. The average Bonchev–Trinajstić information content (AvgIpc) is 2.80. The summed E-state index contributed by atoms with van der Waals surface area (Å²) in [5.41, 5.74) is 6.82. The molecule has 2 amide bonds. The second-order valence-corrected chi connectivity index (χ2v) is 4.64. The Hall–Kier alpha value is -2.33. The fraction of sp³-hybridized carbons (Fsp3) is 0.133. The van der Waals surface area contributed by atoms with Crippen LogP contribution >= 0.6 is 0 Å². The van der Waals surface area contributed by atoms with Gasteiger partial charge in [-0.2, -0.15) is 0 Å². The molecule has 0 bridgehead atoms. The van der Waals surface area contributed by atoms with Crippen molar-refractivity contribution in [1.29, 1.82) is 0 Å². The van der Waals surface area contributed by atoms with Gasteiger partial charge in [0.25, 0.3) is 0 Å². The van der Waals surface area contributed by atoms with E-state index >= 15 is 0 Å². The van der Waals surface area contributed by atoms with Gasteiger partial charge in [0.05, 0.1) is 6.04 Å². The largest absolute Gasteiger partial charge is 0.332 e. The Balaban J connectivity index is 2.17. The lowest BCUT2D eigenvalue weighted by molar-refractivity contribution is 0.199. The predicted octanol–water partition coefficient (Wildman–Crippen LogP) is 2.27. The predicted molar refractivity (Wildman–Crippen MR) is 74.2 cm³/mol. The van der Waals surface area contributed by atoms with E-state index in [1.807, 2.05) is 24.3 Å². The number of nitrogens with two attached hydrogens (primary N) is 1. The van der Waals surface area contributed by atoms with Gasteiger partial charge in [-0.15, -0.1) is 0 Å². The molecule has 0 spiro atoms. The van der Waals surface area contributed by atoms with Crippen molar-refractivity contribution in [3.05, 3.63) is 59.7 Å². The van der Waals surface area contributed by atoms with Crippen LogP contribution in [0.2, 0.25) is 0 Å². The molecule has 0 heterocycles. The molecule has 0 fully saturated rings. The monoisotopic (exact) mass is 253 g/mol. The highest BCUT2D eigenvalue weighted by molar-refractivity contribution is 5.82. The molecule has 2 aromatic rings. The smallest absolute Gasteiger partial charge is 0.316 e. The van der Waals surface area contributed by atoms with Gasteiger partial charge in [0.1, 0.15) is 0 Å². The van der Waals surface area contributed by atoms with Crippen molar-refractivity contribution in [3.63, 3.8) is 0 Å². The average molecular weight is 253 g/mol. The number of carbonyl (C=O) groups is 1. The number of hydrogen-bond acceptors (Lipinski definition) is 2. The molecule has 3 N–H and O–H groups in total. The fourth-order valence-corrected chi connectivity index (χ4v) is 2.77. The van der Waals surface area contributed by atoms with Crippen LogP contribution in [0.5, 0.6) is 0 Å². The third-order valence-corrected chi connectivity index (χ3v) is 3.63. The Kier molecular flexibility index (Phi) is 2.72. The molecule has 0 atom stereocenters. The standard InChI is InChI=1S/C15H15N3O/c1-18(15(19)17-16)14-12-8-4-2-6-10(12)11-7-3-5-9-13(11)14/h2-9,14H,16H2,1H3,(H,17,19). The van der Waals surface area contributed by atoms with Crippen LogP contribution in [0.3, 0.4) is 0 Å². The summed E-state index contributed by atoms with van der Waals surface area (Å²) in [5.74, 6) is 5.24. The van der Waals surface area contributed by atoms with Crippen LogP contribution in [0.4, 0.5) is 4.79 Å². The van der Waals surface area contributed by atoms with E-state index in [2.05, 4.69) is 29.7 Å². The number of hydrogen-bond donors (Lipinski definition) is 2. The van der Waals surface area contributed by atoms with Crippen LogP contribution in [-0.4, -0.2) is 18.0 Å². The molecular formula is C15H15N3O. The number of carbonyl (C=O) groups excluding carboxylic acids is 1. The van der Waals surface area contributed by atoms with Gasteiger partial charge in [-0.1, -0.05) is 48.5 Å². The van der Waals surface area contributed by atoms with Gasteiger partial charge in [0, 0.05) is 7.05 Å². The SMILES string of the molecule is CN(C(=O)NN)C1c2ccccc2-c2ccccc21. The summed E-state index contributed by atoms with van der Waals surface area (Å²) in [5, 5.41) is 0. The van der Waals surface area contributed by atoms with Crippen molar-refractivity contribution in [3.8, 4) is 11.1 Å². The molecule has 0 aromatic heterocycles. The Morgan fingerprint density at radius 2 is 1.53 bits per heavy atom. The van der Waals surface area contributed by atoms with E-state index in [1.165, 1.54) is 11.1 Å². The topological polar surface area (TPSA) is 58.4 Å². The number of rotatable bonds is 1. The summed E-state index contributed by atoms with van der Waals surface area (Å²) in [6.07, 6.45) is 0.